The minimum atomic E-state index is -3.97. The van der Waals surface area contributed by atoms with E-state index >= 15 is 0 Å². The summed E-state index contributed by atoms with van der Waals surface area (Å²) >= 11 is 12.8. The molecular weight excluding hydrogens is 369 g/mol. The van der Waals surface area contributed by atoms with E-state index in [2.05, 4.69) is 0 Å². The molecule has 1 saturated carbocycles. The molecule has 2 fully saturated rings. The van der Waals surface area contributed by atoms with Crippen molar-refractivity contribution in [3.8, 4) is 0 Å². The molecule has 1 N–H and O–H groups in total. The molecule has 0 spiro atoms. The first-order chi connectivity index (χ1) is 10.3. The van der Waals surface area contributed by atoms with Gasteiger partial charge in [-0.2, -0.15) is 4.31 Å². The van der Waals surface area contributed by atoms with Crippen LogP contribution < -0.4 is 0 Å². The maximum Gasteiger partial charge on any atom is 0.322 e. The summed E-state index contributed by atoms with van der Waals surface area (Å²) in [7, 11) is -3.97. The number of thiophene rings is 1. The van der Waals surface area contributed by atoms with Crippen LogP contribution in [-0.2, 0) is 14.8 Å². The number of hydrogen-bond acceptors (Lipinski definition) is 4. The molecule has 0 amide bonds. The first kappa shape index (κ1) is 16.5. The van der Waals surface area contributed by atoms with Gasteiger partial charge in [0.25, 0.3) is 0 Å². The molecule has 0 aromatic carbocycles. The minimum absolute atomic E-state index is 0.0772. The van der Waals surface area contributed by atoms with Crippen molar-refractivity contribution in [3.05, 3.63) is 14.7 Å². The standard InChI is InChI=1S/C13H15Cl2NO4S2/c14-11-6-10(12(15)21-11)22(19,20)16-8-4-2-1-3-7(8)5-9(16)13(17)18/h6-9H,1-5H2,(H,17,18). The van der Waals surface area contributed by atoms with E-state index in [9.17, 15) is 18.3 Å². The number of sulfonamides is 1. The zero-order chi connectivity index (χ0) is 16.1. The highest BCUT2D eigenvalue weighted by Crippen LogP contribution is 2.45. The van der Waals surface area contributed by atoms with E-state index in [1.807, 2.05) is 0 Å². The van der Waals surface area contributed by atoms with Gasteiger partial charge in [-0.25, -0.2) is 8.42 Å². The fraction of sp³-hybridized carbons (Fsp3) is 0.615. The Bertz CT molecular complexity index is 703. The van der Waals surface area contributed by atoms with E-state index in [0.29, 0.717) is 12.8 Å². The molecule has 2 aliphatic rings. The highest BCUT2D eigenvalue weighted by Gasteiger charge is 2.51. The zero-order valence-electron chi connectivity index (χ0n) is 11.5. The van der Waals surface area contributed by atoms with Crippen LogP contribution in [0, 0.1) is 5.92 Å². The van der Waals surface area contributed by atoms with Crippen molar-refractivity contribution in [1.29, 1.82) is 0 Å². The highest BCUT2D eigenvalue weighted by molar-refractivity contribution is 7.89. The van der Waals surface area contributed by atoms with E-state index in [0.717, 1.165) is 30.6 Å². The second-order valence-electron chi connectivity index (χ2n) is 5.73. The number of fused-ring (bicyclic) bond motifs is 1. The van der Waals surface area contributed by atoms with Gasteiger partial charge in [-0.05, 0) is 31.2 Å². The van der Waals surface area contributed by atoms with Gasteiger partial charge in [-0.15, -0.1) is 11.3 Å². The Morgan fingerprint density at radius 3 is 2.59 bits per heavy atom. The molecule has 3 unspecified atom stereocenters. The number of rotatable bonds is 3. The molecule has 1 saturated heterocycles. The van der Waals surface area contributed by atoms with Gasteiger partial charge in [0.05, 0.1) is 4.34 Å². The van der Waals surface area contributed by atoms with E-state index in [-0.39, 0.29) is 25.5 Å². The van der Waals surface area contributed by atoms with E-state index < -0.39 is 22.0 Å². The van der Waals surface area contributed by atoms with Crippen LogP contribution in [0.1, 0.15) is 32.1 Å². The van der Waals surface area contributed by atoms with Gasteiger partial charge in [-0.3, -0.25) is 4.79 Å². The molecule has 5 nitrogen and oxygen atoms in total. The quantitative estimate of drug-likeness (QED) is 0.866. The number of nitrogens with zero attached hydrogens (tertiary/aromatic N) is 1. The second-order valence-corrected chi connectivity index (χ2v) is 9.82. The van der Waals surface area contributed by atoms with Crippen LogP contribution in [0.5, 0.6) is 0 Å². The maximum absolute atomic E-state index is 13.0. The Balaban J connectivity index is 2.06. The number of carbonyl (C=O) groups is 1. The van der Waals surface area contributed by atoms with Gasteiger partial charge < -0.3 is 5.11 Å². The summed E-state index contributed by atoms with van der Waals surface area (Å²) in [6, 6.07) is 0.0290. The molecule has 1 aliphatic carbocycles. The summed E-state index contributed by atoms with van der Waals surface area (Å²) in [4.78, 5) is 11.5. The van der Waals surface area contributed by atoms with Crippen LogP contribution in [0.4, 0.5) is 0 Å². The SMILES string of the molecule is O=C(O)C1CC2CCCCC2N1S(=O)(=O)c1cc(Cl)sc1Cl. The first-order valence-electron chi connectivity index (χ1n) is 7.03. The molecule has 1 aliphatic heterocycles. The smallest absolute Gasteiger partial charge is 0.322 e. The van der Waals surface area contributed by atoms with Crippen molar-refractivity contribution >= 4 is 50.5 Å². The third-order valence-electron chi connectivity index (χ3n) is 4.49. The Kier molecular flexibility index (Phi) is 4.46. The number of hydrogen-bond donors (Lipinski definition) is 1. The van der Waals surface area contributed by atoms with Gasteiger partial charge in [0.1, 0.15) is 15.3 Å². The molecule has 9 heteroatoms. The van der Waals surface area contributed by atoms with Crippen molar-refractivity contribution in [1.82, 2.24) is 4.31 Å². The summed E-state index contributed by atoms with van der Waals surface area (Å²) in [5.74, 6) is -0.993. The molecule has 2 heterocycles. The summed E-state index contributed by atoms with van der Waals surface area (Å²) in [5.41, 5.74) is 0. The van der Waals surface area contributed by atoms with Crippen molar-refractivity contribution in [3.63, 3.8) is 0 Å². The molecule has 0 radical (unpaired) electrons. The predicted molar refractivity (Wildman–Crippen MR) is 85.2 cm³/mol. The molecule has 3 atom stereocenters. The average Bonchev–Trinajstić information content (AvgIpc) is 2.99. The van der Waals surface area contributed by atoms with E-state index in [1.54, 1.807) is 0 Å². The van der Waals surface area contributed by atoms with Crippen LogP contribution >= 0.6 is 34.5 Å². The zero-order valence-corrected chi connectivity index (χ0v) is 14.7. The number of aliphatic carboxylic acids is 1. The van der Waals surface area contributed by atoms with Crippen LogP contribution in [0.2, 0.25) is 8.67 Å². The Morgan fingerprint density at radius 2 is 2.00 bits per heavy atom. The van der Waals surface area contributed by atoms with Crippen LogP contribution in [0.15, 0.2) is 11.0 Å². The van der Waals surface area contributed by atoms with Crippen LogP contribution in [0.3, 0.4) is 0 Å². The fourth-order valence-electron chi connectivity index (χ4n) is 3.59. The lowest BCUT2D eigenvalue weighted by molar-refractivity contribution is -0.141. The van der Waals surface area contributed by atoms with E-state index in [1.165, 1.54) is 10.4 Å². The van der Waals surface area contributed by atoms with Crippen molar-refractivity contribution < 1.29 is 18.3 Å². The molecule has 0 bridgehead atoms. The minimum Gasteiger partial charge on any atom is -0.480 e. The molecule has 3 rings (SSSR count). The van der Waals surface area contributed by atoms with Gasteiger partial charge >= 0.3 is 5.97 Å². The normalized spacial score (nSPS) is 29.5. The Hall–Kier alpha value is -0.340. The largest absolute Gasteiger partial charge is 0.480 e. The van der Waals surface area contributed by atoms with Gasteiger partial charge in [-0.1, -0.05) is 36.0 Å². The van der Waals surface area contributed by atoms with Gasteiger partial charge in [0, 0.05) is 6.04 Å². The Morgan fingerprint density at radius 1 is 1.32 bits per heavy atom. The van der Waals surface area contributed by atoms with Crippen molar-refractivity contribution in [2.45, 2.75) is 49.1 Å². The average molecular weight is 384 g/mol. The third kappa shape index (κ3) is 2.67. The second kappa shape index (κ2) is 5.94. The molecule has 122 valence electrons. The fourth-order valence-corrected chi connectivity index (χ4v) is 7.58. The Labute approximate surface area is 142 Å². The molecule has 22 heavy (non-hydrogen) atoms. The lowest BCUT2D eigenvalue weighted by Crippen LogP contribution is -2.46. The summed E-state index contributed by atoms with van der Waals surface area (Å²) in [6.45, 7) is 0. The number of halogens is 2. The van der Waals surface area contributed by atoms with Crippen LogP contribution in [-0.4, -0.2) is 35.9 Å². The van der Waals surface area contributed by atoms with Crippen molar-refractivity contribution in [2.24, 2.45) is 5.92 Å². The first-order valence-corrected chi connectivity index (χ1v) is 10.0. The number of carboxylic acids is 1. The molecule has 1 aromatic rings. The maximum atomic E-state index is 13.0. The summed E-state index contributed by atoms with van der Waals surface area (Å²) < 4.78 is 27.4. The van der Waals surface area contributed by atoms with E-state index in [4.69, 9.17) is 23.2 Å². The summed E-state index contributed by atoms with van der Waals surface area (Å²) in [5, 5.41) is 9.45. The number of carboxylic acid groups (broad SMARTS) is 1. The molecular formula is C13H15Cl2NO4S2. The van der Waals surface area contributed by atoms with Gasteiger partial charge in [0.15, 0.2) is 0 Å². The summed E-state index contributed by atoms with van der Waals surface area (Å²) in [6.07, 6.45) is 3.88. The van der Waals surface area contributed by atoms with Gasteiger partial charge in [0.2, 0.25) is 10.0 Å². The lowest BCUT2D eigenvalue weighted by atomic mass is 9.85. The third-order valence-corrected chi connectivity index (χ3v) is 8.18. The topological polar surface area (TPSA) is 74.7 Å². The monoisotopic (exact) mass is 383 g/mol. The molecule has 1 aromatic heterocycles. The predicted octanol–water partition coefficient (Wildman–Crippen LogP) is 3.46. The van der Waals surface area contributed by atoms with Crippen LogP contribution in [0.25, 0.3) is 0 Å². The van der Waals surface area contributed by atoms with Crippen molar-refractivity contribution in [2.75, 3.05) is 0 Å². The lowest BCUT2D eigenvalue weighted by Gasteiger charge is -2.31. The highest BCUT2D eigenvalue weighted by atomic mass is 35.5.